The van der Waals surface area contributed by atoms with Gasteiger partial charge in [0.05, 0.1) is 0 Å². The van der Waals surface area contributed by atoms with Crippen molar-refractivity contribution in [3.63, 3.8) is 0 Å². The topological polar surface area (TPSA) is 84.0 Å². The molecule has 0 bridgehead atoms. The summed E-state index contributed by atoms with van der Waals surface area (Å²) in [4.78, 5) is 26.0. The summed E-state index contributed by atoms with van der Waals surface area (Å²) in [7, 11) is 0. The molecular weight excluding hydrogens is 512 g/mol. The predicted molar refractivity (Wildman–Crippen MR) is 142 cm³/mol. The number of nitrogens with one attached hydrogen (secondary N) is 2. The van der Waals surface area contributed by atoms with Crippen LogP contribution in [0.1, 0.15) is 46.1 Å². The number of benzene rings is 2. The molecule has 2 atom stereocenters. The summed E-state index contributed by atoms with van der Waals surface area (Å²) in [5, 5.41) is 15.2. The number of carbonyl (C=O) groups is 2. The zero-order valence-corrected chi connectivity index (χ0v) is 22.4. The number of hydrogen-bond donors (Lipinski definition) is 2. The van der Waals surface area contributed by atoms with Gasteiger partial charge in [-0.1, -0.05) is 97.4 Å². The van der Waals surface area contributed by atoms with Crippen LogP contribution in [-0.2, 0) is 16.0 Å². The monoisotopic (exact) mass is 542 g/mol. The minimum atomic E-state index is -0.711. The lowest BCUT2D eigenvalue weighted by Crippen LogP contribution is -2.45. The SMILES string of the molecule is CC(CC(=O)NC(Cc1ccccc1)C(=O)Nc1nnc(-c2ccc(Br)cc2)s1)CC(C)(C)C. The van der Waals surface area contributed by atoms with Gasteiger partial charge in [0.2, 0.25) is 16.9 Å². The highest BCUT2D eigenvalue weighted by Gasteiger charge is 2.24. The molecule has 0 aliphatic carbocycles. The van der Waals surface area contributed by atoms with E-state index in [1.54, 1.807) is 0 Å². The first-order valence-electron chi connectivity index (χ1n) is 11.3. The van der Waals surface area contributed by atoms with Crippen LogP contribution >= 0.6 is 27.3 Å². The quantitative estimate of drug-likeness (QED) is 0.342. The van der Waals surface area contributed by atoms with Crippen LogP contribution in [0.2, 0.25) is 0 Å². The summed E-state index contributed by atoms with van der Waals surface area (Å²) in [6, 6.07) is 16.7. The molecule has 1 aromatic heterocycles. The van der Waals surface area contributed by atoms with Crippen LogP contribution in [-0.4, -0.2) is 28.1 Å². The van der Waals surface area contributed by atoms with Crippen molar-refractivity contribution < 1.29 is 9.59 Å². The molecule has 2 amide bonds. The van der Waals surface area contributed by atoms with Gasteiger partial charge in [0.15, 0.2) is 0 Å². The van der Waals surface area contributed by atoms with Gasteiger partial charge in [0.25, 0.3) is 0 Å². The molecule has 2 N–H and O–H groups in total. The standard InChI is InChI=1S/C26H31BrN4O2S/c1-17(16-26(2,3)4)14-22(32)28-21(15-18-8-6-5-7-9-18)23(33)29-25-31-30-24(34-25)19-10-12-20(27)13-11-19/h5-13,17,21H,14-16H2,1-4H3,(H,28,32)(H,29,31,33). The van der Waals surface area contributed by atoms with E-state index >= 15 is 0 Å². The highest BCUT2D eigenvalue weighted by Crippen LogP contribution is 2.28. The van der Waals surface area contributed by atoms with E-state index in [9.17, 15) is 9.59 Å². The Balaban J connectivity index is 1.69. The van der Waals surface area contributed by atoms with Gasteiger partial charge in [-0.25, -0.2) is 0 Å². The second-order valence-corrected chi connectivity index (χ2v) is 11.7. The minimum absolute atomic E-state index is 0.124. The van der Waals surface area contributed by atoms with Crippen molar-refractivity contribution in [2.75, 3.05) is 5.32 Å². The van der Waals surface area contributed by atoms with Crippen molar-refractivity contribution in [1.29, 1.82) is 0 Å². The Bertz CT molecular complexity index is 1090. The molecule has 0 fully saturated rings. The first-order valence-corrected chi connectivity index (χ1v) is 12.9. The number of rotatable bonds is 9. The fourth-order valence-electron chi connectivity index (χ4n) is 3.92. The number of carbonyl (C=O) groups excluding carboxylic acids is 2. The molecule has 2 unspecified atom stereocenters. The third-order valence-electron chi connectivity index (χ3n) is 5.18. The second-order valence-electron chi connectivity index (χ2n) is 9.79. The molecule has 180 valence electrons. The van der Waals surface area contributed by atoms with Crippen LogP contribution in [0, 0.1) is 11.3 Å². The summed E-state index contributed by atoms with van der Waals surface area (Å²) < 4.78 is 0.977. The predicted octanol–water partition coefficient (Wildman–Crippen LogP) is 6.10. The first-order chi connectivity index (χ1) is 16.1. The van der Waals surface area contributed by atoms with Gasteiger partial charge in [-0.15, -0.1) is 10.2 Å². The summed E-state index contributed by atoms with van der Waals surface area (Å²) in [5.74, 6) is -0.211. The van der Waals surface area contributed by atoms with Gasteiger partial charge in [-0.2, -0.15) is 0 Å². The summed E-state index contributed by atoms with van der Waals surface area (Å²) in [5.41, 5.74) is 2.03. The van der Waals surface area contributed by atoms with Crippen molar-refractivity contribution in [1.82, 2.24) is 15.5 Å². The Morgan fingerprint density at radius 2 is 1.71 bits per heavy atom. The lowest BCUT2D eigenvalue weighted by molar-refractivity contribution is -0.127. The van der Waals surface area contributed by atoms with E-state index < -0.39 is 6.04 Å². The third-order valence-corrected chi connectivity index (χ3v) is 6.59. The Morgan fingerprint density at radius 3 is 2.35 bits per heavy atom. The van der Waals surface area contributed by atoms with Gasteiger partial charge < -0.3 is 5.32 Å². The highest BCUT2D eigenvalue weighted by molar-refractivity contribution is 9.10. The maximum Gasteiger partial charge on any atom is 0.249 e. The molecule has 0 radical (unpaired) electrons. The fraction of sp³-hybridized carbons (Fsp3) is 0.385. The van der Waals surface area contributed by atoms with E-state index in [4.69, 9.17) is 0 Å². The maximum absolute atomic E-state index is 13.2. The minimum Gasteiger partial charge on any atom is -0.344 e. The van der Waals surface area contributed by atoms with Crippen molar-refractivity contribution >= 4 is 44.2 Å². The molecule has 0 saturated heterocycles. The van der Waals surface area contributed by atoms with Gasteiger partial charge in [0.1, 0.15) is 11.0 Å². The molecular formula is C26H31BrN4O2S. The normalized spacial score (nSPS) is 13.2. The zero-order valence-electron chi connectivity index (χ0n) is 20.0. The van der Waals surface area contributed by atoms with Crippen molar-refractivity contribution in [3.8, 4) is 10.6 Å². The van der Waals surface area contributed by atoms with Crippen LogP contribution in [0.15, 0.2) is 59.1 Å². The maximum atomic E-state index is 13.2. The highest BCUT2D eigenvalue weighted by atomic mass is 79.9. The summed E-state index contributed by atoms with van der Waals surface area (Å²) in [6.07, 6.45) is 1.70. The largest absolute Gasteiger partial charge is 0.344 e. The number of anilines is 1. The molecule has 1 heterocycles. The number of nitrogens with zero attached hydrogens (tertiary/aromatic N) is 2. The van der Waals surface area contributed by atoms with Crippen LogP contribution in [0.4, 0.5) is 5.13 Å². The van der Waals surface area contributed by atoms with E-state index in [1.807, 2.05) is 54.6 Å². The molecule has 0 spiro atoms. The van der Waals surface area contributed by atoms with Crippen LogP contribution < -0.4 is 10.6 Å². The van der Waals surface area contributed by atoms with Crippen LogP contribution in [0.3, 0.4) is 0 Å². The van der Waals surface area contributed by atoms with Crippen molar-refractivity contribution in [2.45, 2.75) is 53.0 Å². The Labute approximate surface area is 213 Å². The molecule has 2 aromatic carbocycles. The molecule has 6 nitrogen and oxygen atoms in total. The molecule has 3 aromatic rings. The van der Waals surface area contributed by atoms with Crippen molar-refractivity contribution in [3.05, 3.63) is 64.6 Å². The smallest absolute Gasteiger partial charge is 0.249 e. The van der Waals surface area contributed by atoms with Crippen LogP contribution in [0.5, 0.6) is 0 Å². The zero-order chi connectivity index (χ0) is 24.7. The number of amides is 2. The average molecular weight is 544 g/mol. The molecule has 8 heteroatoms. The number of halogens is 1. The summed E-state index contributed by atoms with van der Waals surface area (Å²) in [6.45, 7) is 8.56. The van der Waals surface area contributed by atoms with Crippen LogP contribution in [0.25, 0.3) is 10.6 Å². The van der Waals surface area contributed by atoms with Crippen molar-refractivity contribution in [2.24, 2.45) is 11.3 Å². The Kier molecular flexibility index (Phi) is 8.97. The summed E-state index contributed by atoms with van der Waals surface area (Å²) >= 11 is 4.72. The average Bonchev–Trinajstić information content (AvgIpc) is 3.21. The second kappa shape index (κ2) is 11.7. The van der Waals surface area contributed by atoms with Gasteiger partial charge in [-0.05, 0) is 35.4 Å². The van der Waals surface area contributed by atoms with Gasteiger partial charge in [0, 0.05) is 22.9 Å². The lowest BCUT2D eigenvalue weighted by Gasteiger charge is -2.24. The lowest BCUT2D eigenvalue weighted by atomic mass is 9.84. The number of hydrogen-bond acceptors (Lipinski definition) is 5. The first kappa shape index (κ1) is 26.0. The van der Waals surface area contributed by atoms with E-state index in [1.165, 1.54) is 11.3 Å². The van der Waals surface area contributed by atoms with Gasteiger partial charge in [-0.3, -0.25) is 14.9 Å². The molecule has 0 aliphatic rings. The van der Waals surface area contributed by atoms with E-state index in [-0.39, 0.29) is 23.1 Å². The van der Waals surface area contributed by atoms with E-state index in [2.05, 4.69) is 64.5 Å². The third kappa shape index (κ3) is 8.33. The van der Waals surface area contributed by atoms with Gasteiger partial charge >= 0.3 is 0 Å². The molecule has 0 aliphatic heterocycles. The van der Waals surface area contributed by atoms with E-state index in [0.29, 0.717) is 23.0 Å². The number of aromatic nitrogens is 2. The Morgan fingerprint density at radius 1 is 1.03 bits per heavy atom. The van der Waals surface area contributed by atoms with E-state index in [0.717, 1.165) is 22.0 Å². The molecule has 3 rings (SSSR count). The molecule has 34 heavy (non-hydrogen) atoms. The molecule has 0 saturated carbocycles. The fourth-order valence-corrected chi connectivity index (χ4v) is 4.94. The Hall–Kier alpha value is -2.58.